The van der Waals surface area contributed by atoms with Crippen molar-refractivity contribution in [3.05, 3.63) is 18.7 Å². The van der Waals surface area contributed by atoms with Gasteiger partial charge in [0.25, 0.3) is 0 Å². The van der Waals surface area contributed by atoms with Gasteiger partial charge >= 0.3 is 0 Å². The van der Waals surface area contributed by atoms with Gasteiger partial charge in [0.05, 0.1) is 18.4 Å². The van der Waals surface area contributed by atoms with Crippen molar-refractivity contribution in [1.29, 1.82) is 0 Å². The number of imidazole rings is 1. The van der Waals surface area contributed by atoms with E-state index >= 15 is 0 Å². The first-order valence-corrected chi connectivity index (χ1v) is 7.15. The van der Waals surface area contributed by atoms with Gasteiger partial charge in [0, 0.05) is 25.5 Å². The van der Waals surface area contributed by atoms with Crippen LogP contribution in [-0.2, 0) is 4.79 Å². The van der Waals surface area contributed by atoms with E-state index in [4.69, 9.17) is 5.73 Å². The molecular weight excluding hydrogens is 240 g/mol. The van der Waals surface area contributed by atoms with Crippen molar-refractivity contribution in [1.82, 2.24) is 14.5 Å². The summed E-state index contributed by atoms with van der Waals surface area (Å²) in [6, 6.07) is -0.0316. The summed E-state index contributed by atoms with van der Waals surface area (Å²) in [6.45, 7) is 5.86. The Morgan fingerprint density at radius 2 is 2.37 bits per heavy atom. The minimum atomic E-state index is -0.346. The number of hydrogen-bond donors (Lipinski definition) is 1. The molecule has 5 nitrogen and oxygen atoms in total. The molecule has 1 fully saturated rings. The van der Waals surface area contributed by atoms with Crippen molar-refractivity contribution >= 4 is 5.91 Å². The van der Waals surface area contributed by atoms with Gasteiger partial charge in [0.2, 0.25) is 5.91 Å². The van der Waals surface area contributed by atoms with Gasteiger partial charge in [0.15, 0.2) is 0 Å². The molecule has 2 heterocycles. The zero-order valence-electron chi connectivity index (χ0n) is 11.8. The Hall–Kier alpha value is -1.36. The van der Waals surface area contributed by atoms with Gasteiger partial charge in [-0.25, -0.2) is 4.98 Å². The largest absolute Gasteiger partial charge is 0.339 e. The molecule has 0 radical (unpaired) electrons. The Morgan fingerprint density at radius 1 is 1.58 bits per heavy atom. The van der Waals surface area contributed by atoms with Crippen LogP contribution in [0.1, 0.15) is 39.2 Å². The Balaban J connectivity index is 2.03. The number of nitrogens with two attached hydrogens (primary N) is 1. The van der Waals surface area contributed by atoms with E-state index in [1.165, 1.54) is 0 Å². The monoisotopic (exact) mass is 264 g/mol. The van der Waals surface area contributed by atoms with Crippen LogP contribution < -0.4 is 5.73 Å². The number of carbonyl (C=O) groups excluding carboxylic acids is 1. The molecule has 19 heavy (non-hydrogen) atoms. The third kappa shape index (κ3) is 3.15. The van der Waals surface area contributed by atoms with Crippen LogP contribution in [0, 0.1) is 5.92 Å². The molecule has 106 valence electrons. The maximum Gasteiger partial charge on any atom is 0.239 e. The number of aromatic nitrogens is 2. The summed E-state index contributed by atoms with van der Waals surface area (Å²) < 4.78 is 2.11. The molecule has 1 aromatic heterocycles. The third-order valence-corrected chi connectivity index (χ3v) is 4.06. The van der Waals surface area contributed by atoms with Crippen molar-refractivity contribution in [3.63, 3.8) is 0 Å². The molecule has 1 amide bonds. The van der Waals surface area contributed by atoms with E-state index in [-0.39, 0.29) is 11.9 Å². The van der Waals surface area contributed by atoms with Crippen LogP contribution in [0.4, 0.5) is 0 Å². The molecule has 3 atom stereocenters. The average molecular weight is 264 g/mol. The molecule has 3 unspecified atom stereocenters. The first-order chi connectivity index (χ1) is 9.13. The van der Waals surface area contributed by atoms with Crippen molar-refractivity contribution in [2.75, 3.05) is 13.1 Å². The van der Waals surface area contributed by atoms with Crippen LogP contribution in [-0.4, -0.2) is 39.5 Å². The highest BCUT2D eigenvalue weighted by Crippen LogP contribution is 2.27. The van der Waals surface area contributed by atoms with Gasteiger partial charge in [-0.05, 0) is 18.8 Å². The van der Waals surface area contributed by atoms with Crippen molar-refractivity contribution < 1.29 is 4.79 Å². The van der Waals surface area contributed by atoms with E-state index in [9.17, 15) is 4.79 Å². The highest BCUT2D eigenvalue weighted by molar-refractivity contribution is 5.81. The first kappa shape index (κ1) is 14.1. The predicted molar refractivity (Wildman–Crippen MR) is 74.5 cm³/mol. The number of nitrogens with zero attached hydrogens (tertiary/aromatic N) is 3. The van der Waals surface area contributed by atoms with E-state index in [2.05, 4.69) is 23.4 Å². The Labute approximate surface area is 114 Å². The summed E-state index contributed by atoms with van der Waals surface area (Å²) >= 11 is 0. The summed E-state index contributed by atoms with van der Waals surface area (Å²) in [6.07, 6.45) is 8.33. The van der Waals surface area contributed by atoms with E-state index in [0.717, 1.165) is 32.4 Å². The highest BCUT2D eigenvalue weighted by atomic mass is 16.2. The van der Waals surface area contributed by atoms with E-state index in [1.807, 2.05) is 17.4 Å². The van der Waals surface area contributed by atoms with Crippen molar-refractivity contribution in [2.24, 2.45) is 11.7 Å². The lowest BCUT2D eigenvalue weighted by Crippen LogP contribution is -2.49. The zero-order valence-corrected chi connectivity index (χ0v) is 11.8. The fourth-order valence-corrected chi connectivity index (χ4v) is 2.77. The summed E-state index contributed by atoms with van der Waals surface area (Å²) in [5.41, 5.74) is 5.95. The molecule has 0 bridgehead atoms. The highest BCUT2D eigenvalue weighted by Gasteiger charge is 2.31. The second kappa shape index (κ2) is 6.19. The molecule has 0 aromatic carbocycles. The average Bonchev–Trinajstić information content (AvgIpc) is 2.92. The van der Waals surface area contributed by atoms with Crippen LogP contribution in [0.15, 0.2) is 18.7 Å². The van der Waals surface area contributed by atoms with Crippen molar-refractivity contribution in [3.8, 4) is 0 Å². The lowest BCUT2D eigenvalue weighted by Gasteiger charge is -2.38. The van der Waals surface area contributed by atoms with Gasteiger partial charge in [0.1, 0.15) is 0 Å². The van der Waals surface area contributed by atoms with E-state index in [1.54, 1.807) is 6.20 Å². The predicted octanol–water partition coefficient (Wildman–Crippen LogP) is 1.42. The van der Waals surface area contributed by atoms with Gasteiger partial charge < -0.3 is 15.2 Å². The fraction of sp³-hybridized carbons (Fsp3) is 0.714. The normalized spacial score (nSPS) is 25.3. The lowest BCUT2D eigenvalue weighted by atomic mass is 9.92. The molecule has 1 aromatic rings. The quantitative estimate of drug-likeness (QED) is 0.894. The fourth-order valence-electron chi connectivity index (χ4n) is 2.77. The van der Waals surface area contributed by atoms with Crippen LogP contribution >= 0.6 is 0 Å². The number of rotatable bonds is 4. The minimum Gasteiger partial charge on any atom is -0.339 e. The maximum absolute atomic E-state index is 12.3. The smallest absolute Gasteiger partial charge is 0.239 e. The molecular formula is C14H24N4O. The number of piperidine rings is 1. The third-order valence-electron chi connectivity index (χ3n) is 4.06. The molecule has 2 N–H and O–H groups in total. The van der Waals surface area contributed by atoms with E-state index in [0.29, 0.717) is 12.0 Å². The Bertz CT molecular complexity index is 404. The van der Waals surface area contributed by atoms with Crippen LogP contribution in [0.2, 0.25) is 0 Å². The van der Waals surface area contributed by atoms with Crippen LogP contribution in [0.3, 0.4) is 0 Å². The second-order valence-corrected chi connectivity index (χ2v) is 5.52. The van der Waals surface area contributed by atoms with Crippen LogP contribution in [0.5, 0.6) is 0 Å². The molecule has 1 aliphatic heterocycles. The molecule has 1 aliphatic rings. The minimum absolute atomic E-state index is 0.0962. The molecule has 2 rings (SSSR count). The molecule has 0 aliphatic carbocycles. The molecule has 0 saturated carbocycles. The maximum atomic E-state index is 12.3. The molecule has 5 heteroatoms. The Morgan fingerprint density at radius 3 is 3.00 bits per heavy atom. The number of carbonyl (C=O) groups is 1. The van der Waals surface area contributed by atoms with Gasteiger partial charge in [-0.2, -0.15) is 0 Å². The Kier molecular flexibility index (Phi) is 4.58. The van der Waals surface area contributed by atoms with E-state index < -0.39 is 0 Å². The number of hydrogen-bond acceptors (Lipinski definition) is 3. The summed E-state index contributed by atoms with van der Waals surface area (Å²) in [4.78, 5) is 18.3. The summed E-state index contributed by atoms with van der Waals surface area (Å²) in [5, 5.41) is 0. The van der Waals surface area contributed by atoms with Crippen molar-refractivity contribution in [2.45, 2.75) is 45.2 Å². The summed E-state index contributed by atoms with van der Waals surface area (Å²) in [7, 11) is 0. The standard InChI is InChI=1S/C14H24N4O/c1-3-4-12(15)14(19)17-7-5-11(2)13(9-17)18-8-6-16-10-18/h6,8,10-13H,3-5,7,9,15H2,1-2H3. The van der Waals surface area contributed by atoms with Crippen LogP contribution in [0.25, 0.3) is 0 Å². The number of amides is 1. The van der Waals surface area contributed by atoms with Gasteiger partial charge in [-0.3, -0.25) is 4.79 Å². The van der Waals surface area contributed by atoms with Gasteiger partial charge in [-0.1, -0.05) is 20.3 Å². The van der Waals surface area contributed by atoms with Gasteiger partial charge in [-0.15, -0.1) is 0 Å². The first-order valence-electron chi connectivity index (χ1n) is 7.15. The molecule has 1 saturated heterocycles. The topological polar surface area (TPSA) is 64.2 Å². The lowest BCUT2D eigenvalue weighted by molar-refractivity contribution is -0.135. The summed E-state index contributed by atoms with van der Waals surface area (Å²) in [5.74, 6) is 0.652. The number of likely N-dealkylation sites (tertiary alicyclic amines) is 1. The molecule has 0 spiro atoms. The second-order valence-electron chi connectivity index (χ2n) is 5.52. The SMILES string of the molecule is CCCC(N)C(=O)N1CCC(C)C(n2ccnc2)C1. The zero-order chi connectivity index (χ0) is 13.8.